The third-order valence-electron chi connectivity index (χ3n) is 4.04. The molecule has 0 aliphatic carbocycles. The highest BCUT2D eigenvalue weighted by molar-refractivity contribution is 6.07. The molecule has 0 saturated carbocycles. The molecule has 7 heteroatoms. The van der Waals surface area contributed by atoms with Crippen LogP contribution in [0.4, 0.5) is 9.18 Å². The summed E-state index contributed by atoms with van der Waals surface area (Å²) in [7, 11) is 0. The van der Waals surface area contributed by atoms with Crippen LogP contribution in [0.5, 0.6) is 0 Å². The van der Waals surface area contributed by atoms with Gasteiger partial charge in [-0.05, 0) is 36.3 Å². The van der Waals surface area contributed by atoms with E-state index in [4.69, 9.17) is 0 Å². The van der Waals surface area contributed by atoms with E-state index in [1.165, 1.54) is 23.1 Å². The number of aliphatic hydroxyl groups is 1. The molecule has 120 valence electrons. The van der Waals surface area contributed by atoms with Crippen molar-refractivity contribution in [2.45, 2.75) is 18.7 Å². The van der Waals surface area contributed by atoms with Gasteiger partial charge in [0.15, 0.2) is 5.54 Å². The van der Waals surface area contributed by atoms with E-state index in [0.29, 0.717) is 11.1 Å². The Morgan fingerprint density at radius 2 is 2.17 bits per heavy atom. The summed E-state index contributed by atoms with van der Waals surface area (Å²) >= 11 is 0. The molecular formula is C16H16FN3O3. The first-order valence-electron chi connectivity index (χ1n) is 7.11. The largest absolute Gasteiger partial charge is 0.370 e. The number of benzene rings is 1. The highest BCUT2D eigenvalue weighted by atomic mass is 19.1. The number of nitrogens with one attached hydrogen (secondary N) is 2. The van der Waals surface area contributed by atoms with Crippen molar-refractivity contribution in [2.75, 3.05) is 6.54 Å². The first kappa shape index (κ1) is 15.2. The number of imide groups is 1. The number of allylic oxidation sites excluding steroid dienone is 2. The molecular weight excluding hydrogens is 301 g/mol. The number of urea groups is 1. The lowest BCUT2D eigenvalue weighted by Crippen LogP contribution is -2.54. The van der Waals surface area contributed by atoms with Crippen LogP contribution in [-0.4, -0.2) is 34.7 Å². The molecule has 0 bridgehead atoms. The molecule has 3 amide bonds. The van der Waals surface area contributed by atoms with E-state index in [2.05, 4.69) is 10.6 Å². The van der Waals surface area contributed by atoms with Gasteiger partial charge in [0, 0.05) is 6.20 Å². The minimum absolute atomic E-state index is 0.0309. The summed E-state index contributed by atoms with van der Waals surface area (Å²) in [5.74, 6) is -1.09. The van der Waals surface area contributed by atoms with E-state index in [9.17, 15) is 19.1 Å². The van der Waals surface area contributed by atoms with Crippen LogP contribution in [0.25, 0.3) is 0 Å². The number of aliphatic hydroxyl groups excluding tert-OH is 1. The van der Waals surface area contributed by atoms with Gasteiger partial charge in [0.1, 0.15) is 12.0 Å². The Morgan fingerprint density at radius 3 is 2.83 bits per heavy atom. The lowest BCUT2D eigenvalue weighted by Gasteiger charge is -2.36. The summed E-state index contributed by atoms with van der Waals surface area (Å²) in [4.78, 5) is 25.6. The second kappa shape index (κ2) is 5.51. The third-order valence-corrected chi connectivity index (χ3v) is 4.04. The van der Waals surface area contributed by atoms with Gasteiger partial charge < -0.3 is 15.3 Å². The predicted molar refractivity (Wildman–Crippen MR) is 80.4 cm³/mol. The van der Waals surface area contributed by atoms with Crippen LogP contribution in [0.2, 0.25) is 0 Å². The maximum absolute atomic E-state index is 13.6. The van der Waals surface area contributed by atoms with Crippen molar-refractivity contribution in [2.24, 2.45) is 0 Å². The summed E-state index contributed by atoms with van der Waals surface area (Å²) in [6, 6.07) is 4.85. The average molecular weight is 317 g/mol. The molecule has 0 spiro atoms. The van der Waals surface area contributed by atoms with Gasteiger partial charge in [-0.1, -0.05) is 18.2 Å². The Balaban J connectivity index is 2.01. The van der Waals surface area contributed by atoms with Gasteiger partial charge in [-0.15, -0.1) is 0 Å². The molecule has 2 aliphatic heterocycles. The number of amides is 3. The van der Waals surface area contributed by atoms with Gasteiger partial charge in [0.25, 0.3) is 5.91 Å². The second-order valence-corrected chi connectivity index (χ2v) is 5.62. The fraction of sp³-hybridized carbons (Fsp3) is 0.250. The quantitative estimate of drug-likeness (QED) is 0.725. The normalized spacial score (nSPS) is 26.8. The first-order valence-corrected chi connectivity index (χ1v) is 7.11. The molecule has 1 aromatic carbocycles. The average Bonchev–Trinajstić information content (AvgIpc) is 2.79. The number of hydrogen-bond acceptors (Lipinski definition) is 4. The first-order chi connectivity index (χ1) is 10.9. The van der Waals surface area contributed by atoms with Gasteiger partial charge in [-0.25, -0.2) is 9.18 Å². The van der Waals surface area contributed by atoms with Crippen LogP contribution in [0.15, 0.2) is 48.2 Å². The molecule has 1 aromatic rings. The van der Waals surface area contributed by atoms with Crippen LogP contribution >= 0.6 is 0 Å². The van der Waals surface area contributed by atoms with Crippen LogP contribution in [0.3, 0.4) is 0 Å². The van der Waals surface area contributed by atoms with E-state index >= 15 is 0 Å². The monoisotopic (exact) mass is 317 g/mol. The van der Waals surface area contributed by atoms with Crippen molar-refractivity contribution in [1.29, 1.82) is 0 Å². The fourth-order valence-electron chi connectivity index (χ4n) is 2.80. The Hall–Kier alpha value is -2.67. The van der Waals surface area contributed by atoms with Crippen LogP contribution in [-0.2, 0) is 10.3 Å². The Bertz CT molecular complexity index is 731. The summed E-state index contributed by atoms with van der Waals surface area (Å²) in [5, 5.41) is 15.0. The van der Waals surface area contributed by atoms with Crippen molar-refractivity contribution in [3.05, 3.63) is 59.6 Å². The molecule has 1 saturated heterocycles. The fourth-order valence-corrected chi connectivity index (χ4v) is 2.80. The Kier molecular flexibility index (Phi) is 3.65. The van der Waals surface area contributed by atoms with E-state index in [1.807, 2.05) is 0 Å². The van der Waals surface area contributed by atoms with E-state index < -0.39 is 29.5 Å². The maximum Gasteiger partial charge on any atom is 0.322 e. The van der Waals surface area contributed by atoms with E-state index in [-0.39, 0.29) is 6.54 Å². The lowest BCUT2D eigenvalue weighted by atomic mass is 9.88. The maximum atomic E-state index is 13.6. The van der Waals surface area contributed by atoms with Gasteiger partial charge in [0.2, 0.25) is 0 Å². The molecule has 0 aromatic heterocycles. The standard InChI is InChI=1S/C16H16FN3O3/c1-10-4-3-7-20(13(10)21)9-16(14(22)18-15(23)19-16)11-5-2-6-12(17)8-11/h2-8,13,21H,9H2,1H3,(H2,18,19,22,23). The van der Waals surface area contributed by atoms with Crippen LogP contribution in [0.1, 0.15) is 12.5 Å². The lowest BCUT2D eigenvalue weighted by molar-refractivity contribution is -0.125. The summed E-state index contributed by atoms with van der Waals surface area (Å²) < 4.78 is 13.6. The van der Waals surface area contributed by atoms with Crippen LogP contribution in [0, 0.1) is 5.82 Å². The SMILES string of the molecule is CC1=CC=CN(CC2(c3cccc(F)c3)NC(=O)NC2=O)C1O. The summed E-state index contributed by atoms with van der Waals surface area (Å²) in [5.41, 5.74) is -0.456. The predicted octanol–water partition coefficient (Wildman–Crippen LogP) is 0.954. The number of carbonyl (C=O) groups is 2. The number of rotatable bonds is 3. The molecule has 2 atom stereocenters. The molecule has 2 heterocycles. The highest BCUT2D eigenvalue weighted by Crippen LogP contribution is 2.29. The minimum Gasteiger partial charge on any atom is -0.370 e. The Labute approximate surface area is 132 Å². The molecule has 6 nitrogen and oxygen atoms in total. The molecule has 2 aliphatic rings. The highest BCUT2D eigenvalue weighted by Gasteiger charge is 2.49. The molecule has 23 heavy (non-hydrogen) atoms. The number of carbonyl (C=O) groups excluding carboxylic acids is 2. The second-order valence-electron chi connectivity index (χ2n) is 5.62. The van der Waals surface area contributed by atoms with Crippen molar-refractivity contribution in [3.63, 3.8) is 0 Å². The van der Waals surface area contributed by atoms with Gasteiger partial charge in [-0.2, -0.15) is 0 Å². The number of nitrogens with zero attached hydrogens (tertiary/aromatic N) is 1. The van der Waals surface area contributed by atoms with Gasteiger partial charge in [-0.3, -0.25) is 10.1 Å². The van der Waals surface area contributed by atoms with Crippen LogP contribution < -0.4 is 10.6 Å². The zero-order valence-electron chi connectivity index (χ0n) is 12.4. The van der Waals surface area contributed by atoms with Gasteiger partial charge in [0.05, 0.1) is 6.54 Å². The zero-order chi connectivity index (χ0) is 16.6. The molecule has 2 unspecified atom stereocenters. The van der Waals surface area contributed by atoms with Crippen molar-refractivity contribution in [3.8, 4) is 0 Å². The zero-order valence-corrected chi connectivity index (χ0v) is 12.4. The van der Waals surface area contributed by atoms with Gasteiger partial charge >= 0.3 is 6.03 Å². The number of hydrogen-bond donors (Lipinski definition) is 3. The number of halogens is 1. The van der Waals surface area contributed by atoms with Crippen molar-refractivity contribution in [1.82, 2.24) is 15.5 Å². The molecule has 1 fully saturated rings. The topological polar surface area (TPSA) is 81.7 Å². The smallest absolute Gasteiger partial charge is 0.322 e. The third kappa shape index (κ3) is 2.59. The van der Waals surface area contributed by atoms with E-state index in [0.717, 1.165) is 0 Å². The van der Waals surface area contributed by atoms with E-state index in [1.54, 1.807) is 31.3 Å². The molecule has 3 N–H and O–H groups in total. The summed E-state index contributed by atoms with van der Waals surface area (Å²) in [6.07, 6.45) is 4.19. The summed E-state index contributed by atoms with van der Waals surface area (Å²) in [6.45, 7) is 1.72. The minimum atomic E-state index is -1.47. The van der Waals surface area contributed by atoms with Crippen molar-refractivity contribution >= 4 is 11.9 Å². The molecule has 0 radical (unpaired) electrons. The Morgan fingerprint density at radius 1 is 1.39 bits per heavy atom. The van der Waals surface area contributed by atoms with Crippen molar-refractivity contribution < 1.29 is 19.1 Å². The molecule has 3 rings (SSSR count).